The predicted octanol–water partition coefficient (Wildman–Crippen LogP) is 7.27. The number of benzene rings is 4. The summed E-state index contributed by atoms with van der Waals surface area (Å²) in [7, 11) is 1.67. The van der Waals surface area contributed by atoms with Crippen LogP contribution in [0.5, 0.6) is 5.75 Å². The number of methoxy groups -OCH3 is 1. The topological polar surface area (TPSA) is 27.1 Å². The smallest absolute Gasteiger partial charge is 0.118 e. The van der Waals surface area contributed by atoms with Gasteiger partial charge in [0.15, 0.2) is 0 Å². The van der Waals surface area contributed by atoms with Crippen LogP contribution in [0.25, 0.3) is 28.2 Å². The minimum Gasteiger partial charge on any atom is -0.497 e. The van der Waals surface area contributed by atoms with Crippen LogP contribution in [0, 0.1) is 11.8 Å². The lowest BCUT2D eigenvalue weighted by Gasteiger charge is -2.08. The van der Waals surface area contributed by atoms with Crippen LogP contribution in [-0.2, 0) is 0 Å². The van der Waals surface area contributed by atoms with Gasteiger partial charge in [-0.3, -0.25) is 0 Å². The number of hydrogen-bond acceptors (Lipinski definition) is 2. The van der Waals surface area contributed by atoms with E-state index in [2.05, 4.69) is 54.3 Å². The summed E-state index contributed by atoms with van der Waals surface area (Å²) in [5.41, 5.74) is 6.87. The van der Waals surface area contributed by atoms with E-state index in [9.17, 15) is 0 Å². The monoisotopic (exact) mass is 460 g/mol. The van der Waals surface area contributed by atoms with Crippen LogP contribution in [0.15, 0.2) is 109 Å². The molecule has 0 spiro atoms. The number of rotatable bonds is 4. The van der Waals surface area contributed by atoms with Crippen molar-refractivity contribution in [1.29, 1.82) is 0 Å². The highest BCUT2D eigenvalue weighted by molar-refractivity contribution is 6.30. The van der Waals surface area contributed by atoms with E-state index in [4.69, 9.17) is 21.4 Å². The molecule has 0 fully saturated rings. The number of ether oxygens (including phenoxy) is 1. The van der Waals surface area contributed by atoms with Gasteiger partial charge in [-0.1, -0.05) is 53.8 Å². The Balaban J connectivity index is 1.49. The fraction of sp³-hybridized carbons (Fsp3) is 0.0333. The van der Waals surface area contributed by atoms with E-state index in [1.165, 1.54) is 0 Å². The van der Waals surface area contributed by atoms with Gasteiger partial charge in [0.1, 0.15) is 5.75 Å². The van der Waals surface area contributed by atoms with E-state index < -0.39 is 0 Å². The third-order valence-corrected chi connectivity index (χ3v) is 5.72. The molecule has 0 saturated carbocycles. The summed E-state index contributed by atoms with van der Waals surface area (Å²) in [4.78, 5) is 0. The number of nitrogens with zero attached hydrogens (tertiary/aromatic N) is 2. The van der Waals surface area contributed by atoms with E-state index in [1.54, 1.807) is 7.11 Å². The van der Waals surface area contributed by atoms with Gasteiger partial charge in [0.05, 0.1) is 24.2 Å². The highest BCUT2D eigenvalue weighted by Crippen LogP contribution is 2.30. The zero-order valence-corrected chi connectivity index (χ0v) is 19.3. The zero-order valence-electron chi connectivity index (χ0n) is 18.6. The summed E-state index contributed by atoms with van der Waals surface area (Å²) in [6.45, 7) is 0. The molecule has 4 heteroatoms. The Morgan fingerprint density at radius 3 is 1.91 bits per heavy atom. The van der Waals surface area contributed by atoms with Crippen LogP contribution >= 0.6 is 11.6 Å². The van der Waals surface area contributed by atoms with Gasteiger partial charge in [-0.15, -0.1) is 0 Å². The molecule has 0 bridgehead atoms. The summed E-state index contributed by atoms with van der Waals surface area (Å²) in [6, 6.07) is 36.0. The lowest BCUT2D eigenvalue weighted by molar-refractivity contribution is 0.415. The minimum atomic E-state index is 0.707. The molecule has 0 aliphatic heterocycles. The second-order valence-electron chi connectivity index (χ2n) is 7.72. The molecule has 0 amide bonds. The van der Waals surface area contributed by atoms with Crippen LogP contribution in [0.4, 0.5) is 0 Å². The maximum Gasteiger partial charge on any atom is 0.118 e. The van der Waals surface area contributed by atoms with Gasteiger partial charge in [-0.05, 0) is 78.9 Å². The van der Waals surface area contributed by atoms with Gasteiger partial charge in [-0.25, -0.2) is 4.68 Å². The number of para-hydroxylation sites is 1. The second kappa shape index (κ2) is 9.70. The van der Waals surface area contributed by atoms with Crippen molar-refractivity contribution < 1.29 is 4.74 Å². The summed E-state index contributed by atoms with van der Waals surface area (Å²) in [6.07, 6.45) is 0. The van der Waals surface area contributed by atoms with E-state index in [0.717, 1.165) is 45.1 Å². The van der Waals surface area contributed by atoms with E-state index in [1.807, 2.05) is 71.4 Å². The van der Waals surface area contributed by atoms with Crippen LogP contribution in [0.2, 0.25) is 5.02 Å². The Morgan fingerprint density at radius 2 is 1.29 bits per heavy atom. The maximum absolute atomic E-state index is 5.95. The first-order chi connectivity index (χ1) is 16.7. The molecule has 5 aromatic rings. The van der Waals surface area contributed by atoms with Gasteiger partial charge >= 0.3 is 0 Å². The quantitative estimate of drug-likeness (QED) is 0.264. The van der Waals surface area contributed by atoms with Crippen molar-refractivity contribution in [3.8, 4) is 45.8 Å². The summed E-state index contributed by atoms with van der Waals surface area (Å²) >= 11 is 5.95. The van der Waals surface area contributed by atoms with Crippen molar-refractivity contribution in [2.24, 2.45) is 0 Å². The zero-order chi connectivity index (χ0) is 23.3. The van der Waals surface area contributed by atoms with Gasteiger partial charge in [-0.2, -0.15) is 5.10 Å². The van der Waals surface area contributed by atoms with Crippen molar-refractivity contribution in [3.05, 3.63) is 125 Å². The molecule has 5 rings (SSSR count). The molecular weight excluding hydrogens is 440 g/mol. The Labute approximate surface area is 204 Å². The number of aromatic nitrogens is 2. The molecular formula is C30H21ClN2O. The first-order valence-corrected chi connectivity index (χ1v) is 11.3. The van der Waals surface area contributed by atoms with Crippen molar-refractivity contribution in [3.63, 3.8) is 0 Å². The standard InChI is InChI=1S/C30H21ClN2O/c1-34-28-19-15-25(16-20-28)30-21-29(32-33(30)27-5-3-2-4-6-27)24-13-9-22(10-14-24)7-8-23-11-17-26(31)18-12-23/h2-6,9-21H,1H3. The molecule has 0 saturated heterocycles. The predicted molar refractivity (Wildman–Crippen MR) is 138 cm³/mol. The Hall–Kier alpha value is -4.26. The average molecular weight is 461 g/mol. The van der Waals surface area contributed by atoms with Crippen molar-refractivity contribution in [2.75, 3.05) is 7.11 Å². The second-order valence-corrected chi connectivity index (χ2v) is 8.16. The van der Waals surface area contributed by atoms with E-state index >= 15 is 0 Å². The molecule has 0 atom stereocenters. The van der Waals surface area contributed by atoms with Crippen LogP contribution in [0.3, 0.4) is 0 Å². The SMILES string of the molecule is COc1ccc(-c2cc(-c3ccc(C#Cc4ccc(Cl)cc4)cc3)nn2-c2ccccc2)cc1. The molecule has 1 heterocycles. The third-order valence-electron chi connectivity index (χ3n) is 5.47. The van der Waals surface area contributed by atoms with Gasteiger partial charge in [0.2, 0.25) is 0 Å². The molecule has 1 aromatic heterocycles. The number of halogens is 1. The summed E-state index contributed by atoms with van der Waals surface area (Å²) in [5.74, 6) is 7.21. The van der Waals surface area contributed by atoms with E-state index in [0.29, 0.717) is 5.02 Å². The highest BCUT2D eigenvalue weighted by atomic mass is 35.5. The number of hydrogen-bond donors (Lipinski definition) is 0. The van der Waals surface area contributed by atoms with Crippen molar-refractivity contribution in [2.45, 2.75) is 0 Å². The lowest BCUT2D eigenvalue weighted by Crippen LogP contribution is -1.99. The molecule has 0 aliphatic rings. The van der Waals surface area contributed by atoms with Gasteiger partial charge in [0, 0.05) is 27.3 Å². The lowest BCUT2D eigenvalue weighted by atomic mass is 10.1. The van der Waals surface area contributed by atoms with Gasteiger partial charge in [0.25, 0.3) is 0 Å². The Bertz CT molecular complexity index is 1460. The average Bonchev–Trinajstić information content (AvgIpc) is 3.35. The fourth-order valence-electron chi connectivity index (χ4n) is 3.66. The fourth-order valence-corrected chi connectivity index (χ4v) is 3.78. The first-order valence-electron chi connectivity index (χ1n) is 10.9. The van der Waals surface area contributed by atoms with Crippen LogP contribution in [-0.4, -0.2) is 16.9 Å². The molecule has 164 valence electrons. The molecule has 3 nitrogen and oxygen atoms in total. The Morgan fingerprint density at radius 1 is 0.706 bits per heavy atom. The molecule has 0 aliphatic carbocycles. The van der Waals surface area contributed by atoms with Crippen LogP contribution < -0.4 is 4.74 Å². The minimum absolute atomic E-state index is 0.707. The maximum atomic E-state index is 5.95. The molecule has 4 aromatic carbocycles. The molecule has 0 radical (unpaired) electrons. The molecule has 34 heavy (non-hydrogen) atoms. The third kappa shape index (κ3) is 4.73. The van der Waals surface area contributed by atoms with E-state index in [-0.39, 0.29) is 0 Å². The Kier molecular flexibility index (Phi) is 6.16. The van der Waals surface area contributed by atoms with Gasteiger partial charge < -0.3 is 4.74 Å². The molecule has 0 N–H and O–H groups in total. The summed E-state index contributed by atoms with van der Waals surface area (Å²) < 4.78 is 7.30. The largest absolute Gasteiger partial charge is 0.497 e. The van der Waals surface area contributed by atoms with Crippen molar-refractivity contribution >= 4 is 11.6 Å². The van der Waals surface area contributed by atoms with Crippen molar-refractivity contribution in [1.82, 2.24) is 9.78 Å². The van der Waals surface area contributed by atoms with Crippen LogP contribution in [0.1, 0.15) is 11.1 Å². The highest BCUT2D eigenvalue weighted by Gasteiger charge is 2.13. The molecule has 0 unspecified atom stereocenters. The summed E-state index contributed by atoms with van der Waals surface area (Å²) in [5, 5.41) is 5.65. The normalized spacial score (nSPS) is 10.4. The first kappa shape index (κ1) is 21.6.